The van der Waals surface area contributed by atoms with E-state index in [2.05, 4.69) is 26.0 Å². The van der Waals surface area contributed by atoms with Crippen molar-refractivity contribution in [2.24, 2.45) is 0 Å². The van der Waals surface area contributed by atoms with E-state index in [4.69, 9.17) is 9.47 Å². The fraction of sp³-hybridized carbons (Fsp3) is 0.167. The van der Waals surface area contributed by atoms with E-state index in [1.807, 2.05) is 12.1 Å². The van der Waals surface area contributed by atoms with Crippen LogP contribution in [0.15, 0.2) is 42.5 Å². The summed E-state index contributed by atoms with van der Waals surface area (Å²) in [5, 5.41) is 0. The number of hydrogen-bond acceptors (Lipinski definition) is 3. The van der Waals surface area contributed by atoms with Gasteiger partial charge in [-0.25, -0.2) is 0 Å². The molecule has 3 nitrogen and oxygen atoms in total. The van der Waals surface area contributed by atoms with Gasteiger partial charge in [0.15, 0.2) is 17.3 Å². The lowest BCUT2D eigenvalue weighted by molar-refractivity contribution is 0.104. The highest BCUT2D eigenvalue weighted by Crippen LogP contribution is 2.32. The molecule has 3 heteroatoms. The Balaban J connectivity index is 1.79. The van der Waals surface area contributed by atoms with Gasteiger partial charge in [-0.15, -0.1) is 0 Å². The second-order valence-corrected chi connectivity index (χ2v) is 5.11. The predicted molar refractivity (Wildman–Crippen MR) is 81.8 cm³/mol. The molecular weight excluding hydrogens is 264 g/mol. The van der Waals surface area contributed by atoms with Crippen molar-refractivity contribution in [2.45, 2.75) is 13.8 Å². The van der Waals surface area contributed by atoms with Crippen molar-refractivity contribution < 1.29 is 14.3 Å². The molecule has 0 atom stereocenters. The van der Waals surface area contributed by atoms with E-state index in [1.54, 1.807) is 24.3 Å². The van der Waals surface area contributed by atoms with Crippen LogP contribution in [0.5, 0.6) is 11.5 Å². The fourth-order valence-electron chi connectivity index (χ4n) is 2.19. The average molecular weight is 280 g/mol. The number of rotatable bonds is 3. The lowest BCUT2D eigenvalue weighted by atomic mass is 10.0. The first-order valence-electron chi connectivity index (χ1n) is 6.83. The summed E-state index contributed by atoms with van der Waals surface area (Å²) < 4.78 is 10.5. The summed E-state index contributed by atoms with van der Waals surface area (Å²) in [6.07, 6.45) is 3.42. The van der Waals surface area contributed by atoms with Crippen LogP contribution in [0.2, 0.25) is 0 Å². The second-order valence-electron chi connectivity index (χ2n) is 5.11. The Hall–Kier alpha value is -2.55. The van der Waals surface area contributed by atoms with Gasteiger partial charge in [-0.05, 0) is 54.8 Å². The molecule has 2 aromatic rings. The summed E-state index contributed by atoms with van der Waals surface area (Å²) in [6.45, 7) is 4.35. The van der Waals surface area contributed by atoms with E-state index < -0.39 is 0 Å². The normalized spacial score (nSPS) is 12.9. The van der Waals surface area contributed by atoms with Crippen LogP contribution in [-0.2, 0) is 0 Å². The van der Waals surface area contributed by atoms with Crippen molar-refractivity contribution in [3.8, 4) is 11.5 Å². The molecule has 0 N–H and O–H groups in total. The Morgan fingerprint density at radius 1 is 1.00 bits per heavy atom. The minimum Gasteiger partial charge on any atom is -0.454 e. The minimum atomic E-state index is -0.0495. The Morgan fingerprint density at radius 3 is 2.62 bits per heavy atom. The van der Waals surface area contributed by atoms with Crippen LogP contribution in [-0.4, -0.2) is 12.6 Å². The van der Waals surface area contributed by atoms with Crippen molar-refractivity contribution in [2.75, 3.05) is 6.79 Å². The van der Waals surface area contributed by atoms with Crippen molar-refractivity contribution in [3.05, 3.63) is 64.7 Å². The number of ketones is 1. The maximum absolute atomic E-state index is 12.2. The molecule has 0 unspecified atom stereocenters. The topological polar surface area (TPSA) is 35.5 Å². The molecule has 0 spiro atoms. The van der Waals surface area contributed by atoms with Gasteiger partial charge in [-0.2, -0.15) is 0 Å². The lowest BCUT2D eigenvalue weighted by Gasteiger charge is -2.01. The summed E-state index contributed by atoms with van der Waals surface area (Å²) >= 11 is 0. The summed E-state index contributed by atoms with van der Waals surface area (Å²) in [7, 11) is 0. The number of aryl methyl sites for hydroxylation is 2. The highest BCUT2D eigenvalue weighted by atomic mass is 16.7. The van der Waals surface area contributed by atoms with E-state index in [0.717, 1.165) is 5.56 Å². The van der Waals surface area contributed by atoms with E-state index in [9.17, 15) is 4.79 Å². The summed E-state index contributed by atoms with van der Waals surface area (Å²) in [5.74, 6) is 1.26. The van der Waals surface area contributed by atoms with Gasteiger partial charge in [0.05, 0.1) is 0 Å². The van der Waals surface area contributed by atoms with Crippen LogP contribution < -0.4 is 9.47 Å². The number of fused-ring (bicyclic) bond motifs is 1. The van der Waals surface area contributed by atoms with Crippen LogP contribution >= 0.6 is 0 Å². The number of benzene rings is 2. The van der Waals surface area contributed by atoms with Crippen LogP contribution in [0, 0.1) is 13.8 Å². The fourth-order valence-corrected chi connectivity index (χ4v) is 2.19. The standard InChI is InChI=1S/C18H16O3/c1-12-3-4-14(9-13(12)2)5-7-16(19)15-6-8-17-18(10-15)21-11-20-17/h3-10H,11H2,1-2H3/b7-5+. The Labute approximate surface area is 123 Å². The lowest BCUT2D eigenvalue weighted by Crippen LogP contribution is -1.94. The zero-order chi connectivity index (χ0) is 14.8. The molecule has 0 aliphatic carbocycles. The Bertz CT molecular complexity index is 729. The van der Waals surface area contributed by atoms with Gasteiger partial charge in [0, 0.05) is 5.56 Å². The second kappa shape index (κ2) is 5.44. The number of carbonyl (C=O) groups excluding carboxylic acids is 1. The first-order chi connectivity index (χ1) is 10.1. The van der Waals surface area contributed by atoms with E-state index in [0.29, 0.717) is 17.1 Å². The molecular formula is C18H16O3. The summed E-state index contributed by atoms with van der Waals surface area (Å²) in [5.41, 5.74) is 4.08. The van der Waals surface area contributed by atoms with E-state index in [-0.39, 0.29) is 12.6 Å². The monoisotopic (exact) mass is 280 g/mol. The Morgan fingerprint density at radius 2 is 1.81 bits per heavy atom. The quantitative estimate of drug-likeness (QED) is 0.631. The van der Waals surface area contributed by atoms with Crippen molar-refractivity contribution >= 4 is 11.9 Å². The highest BCUT2D eigenvalue weighted by Gasteiger charge is 2.14. The molecule has 0 radical (unpaired) electrons. The van der Waals surface area contributed by atoms with Crippen molar-refractivity contribution in [3.63, 3.8) is 0 Å². The molecule has 1 aliphatic heterocycles. The molecule has 0 amide bonds. The molecule has 1 heterocycles. The number of allylic oxidation sites excluding steroid dienone is 1. The van der Waals surface area contributed by atoms with Gasteiger partial charge < -0.3 is 9.47 Å². The van der Waals surface area contributed by atoms with Gasteiger partial charge in [0.25, 0.3) is 0 Å². The summed E-state index contributed by atoms with van der Waals surface area (Å²) in [6, 6.07) is 11.4. The number of carbonyl (C=O) groups is 1. The maximum Gasteiger partial charge on any atom is 0.231 e. The molecule has 0 fully saturated rings. The van der Waals surface area contributed by atoms with Crippen LogP contribution in [0.3, 0.4) is 0 Å². The average Bonchev–Trinajstić information content (AvgIpc) is 2.95. The van der Waals surface area contributed by atoms with Crippen LogP contribution in [0.4, 0.5) is 0 Å². The molecule has 21 heavy (non-hydrogen) atoms. The van der Waals surface area contributed by atoms with Gasteiger partial charge in [-0.1, -0.05) is 24.3 Å². The molecule has 0 aromatic heterocycles. The van der Waals surface area contributed by atoms with Crippen molar-refractivity contribution in [1.82, 2.24) is 0 Å². The smallest absolute Gasteiger partial charge is 0.231 e. The van der Waals surface area contributed by atoms with E-state index in [1.165, 1.54) is 11.1 Å². The highest BCUT2D eigenvalue weighted by molar-refractivity contribution is 6.07. The van der Waals surface area contributed by atoms with Gasteiger partial charge in [-0.3, -0.25) is 4.79 Å². The molecule has 0 bridgehead atoms. The molecule has 2 aromatic carbocycles. The van der Waals surface area contributed by atoms with Gasteiger partial charge in [0.2, 0.25) is 6.79 Å². The summed E-state index contributed by atoms with van der Waals surface area (Å²) in [4.78, 5) is 12.2. The maximum atomic E-state index is 12.2. The third-order valence-electron chi connectivity index (χ3n) is 3.62. The zero-order valence-electron chi connectivity index (χ0n) is 12.1. The van der Waals surface area contributed by atoms with E-state index >= 15 is 0 Å². The minimum absolute atomic E-state index is 0.0495. The third-order valence-corrected chi connectivity index (χ3v) is 3.62. The Kier molecular flexibility index (Phi) is 3.48. The molecule has 3 rings (SSSR count). The molecule has 0 saturated heterocycles. The number of hydrogen-bond donors (Lipinski definition) is 0. The molecule has 1 aliphatic rings. The SMILES string of the molecule is Cc1ccc(/C=C/C(=O)c2ccc3c(c2)OCO3)cc1C. The zero-order valence-corrected chi connectivity index (χ0v) is 12.1. The largest absolute Gasteiger partial charge is 0.454 e. The van der Waals surface area contributed by atoms with Crippen LogP contribution in [0.25, 0.3) is 6.08 Å². The third kappa shape index (κ3) is 2.82. The first-order valence-corrected chi connectivity index (χ1v) is 6.83. The van der Waals surface area contributed by atoms with Gasteiger partial charge >= 0.3 is 0 Å². The van der Waals surface area contributed by atoms with Crippen molar-refractivity contribution in [1.29, 1.82) is 0 Å². The predicted octanol–water partition coefficient (Wildman–Crippen LogP) is 3.93. The molecule has 0 saturated carbocycles. The van der Waals surface area contributed by atoms with Gasteiger partial charge in [0.1, 0.15) is 0 Å². The van der Waals surface area contributed by atoms with Crippen LogP contribution in [0.1, 0.15) is 27.0 Å². The first kappa shape index (κ1) is 13.4. The molecule has 106 valence electrons. The number of ether oxygens (including phenoxy) is 2.